The number of nitrogens with zero attached hydrogens (tertiary/aromatic N) is 1. The highest BCUT2D eigenvalue weighted by atomic mass is 32.1. The average molecular weight is 750 g/mol. The number of anilines is 3. The molecule has 0 fully saturated rings. The Hall–Kier alpha value is -6.72. The van der Waals surface area contributed by atoms with Crippen LogP contribution in [0.4, 0.5) is 17.1 Å². The number of rotatable bonds is 5. The van der Waals surface area contributed by atoms with Gasteiger partial charge in [-0.25, -0.2) is 0 Å². The number of benzene rings is 9. The summed E-state index contributed by atoms with van der Waals surface area (Å²) >= 11 is 3.71. The van der Waals surface area contributed by atoms with Gasteiger partial charge >= 0.3 is 0 Å². The van der Waals surface area contributed by atoms with Crippen LogP contribution in [0, 0.1) is 0 Å². The maximum absolute atomic E-state index is 6.54. The molecule has 4 heteroatoms. The Morgan fingerprint density at radius 3 is 1.82 bits per heavy atom. The van der Waals surface area contributed by atoms with Crippen molar-refractivity contribution in [3.05, 3.63) is 188 Å². The third kappa shape index (κ3) is 4.86. The van der Waals surface area contributed by atoms with Crippen LogP contribution in [0.3, 0.4) is 0 Å². The summed E-state index contributed by atoms with van der Waals surface area (Å²) in [6, 6.07) is 68.5. The maximum atomic E-state index is 6.54. The van der Waals surface area contributed by atoms with Crippen LogP contribution in [-0.4, -0.2) is 0 Å². The molecule has 0 spiro atoms. The van der Waals surface area contributed by atoms with Gasteiger partial charge in [0.25, 0.3) is 0 Å². The lowest BCUT2D eigenvalue weighted by molar-refractivity contribution is 0.673. The van der Waals surface area contributed by atoms with Crippen molar-refractivity contribution in [2.75, 3.05) is 4.90 Å². The summed E-state index contributed by atoms with van der Waals surface area (Å²) in [7, 11) is 0. The van der Waals surface area contributed by atoms with Gasteiger partial charge in [-0.2, -0.15) is 0 Å². The fourth-order valence-electron chi connectivity index (χ4n) is 8.66. The summed E-state index contributed by atoms with van der Waals surface area (Å²) in [5.41, 5.74) is 9.98. The minimum atomic E-state index is 0.905. The Morgan fingerprint density at radius 1 is 0.375 bits per heavy atom. The third-order valence-corrected chi connectivity index (χ3v) is 13.6. The van der Waals surface area contributed by atoms with Crippen molar-refractivity contribution in [3.8, 4) is 22.3 Å². The maximum Gasteiger partial charge on any atom is 0.143 e. The monoisotopic (exact) mass is 749 g/mol. The van der Waals surface area contributed by atoms with Gasteiger partial charge in [0.15, 0.2) is 0 Å². The quantitative estimate of drug-likeness (QED) is 0.174. The Kier molecular flexibility index (Phi) is 7.00. The van der Waals surface area contributed by atoms with Crippen molar-refractivity contribution in [2.24, 2.45) is 0 Å². The Balaban J connectivity index is 0.998. The van der Waals surface area contributed by atoms with Crippen LogP contribution in [0.1, 0.15) is 0 Å². The molecule has 2 nitrogen and oxygen atoms in total. The Morgan fingerprint density at radius 2 is 1.00 bits per heavy atom. The minimum Gasteiger partial charge on any atom is -0.455 e. The molecule has 3 aromatic heterocycles. The summed E-state index contributed by atoms with van der Waals surface area (Å²) in [6.07, 6.45) is 0. The molecule has 12 rings (SSSR count). The smallest absolute Gasteiger partial charge is 0.143 e. The first-order valence-corrected chi connectivity index (χ1v) is 20.5. The van der Waals surface area contributed by atoms with Gasteiger partial charge in [-0.05, 0) is 100 Å². The van der Waals surface area contributed by atoms with E-state index in [4.69, 9.17) is 4.42 Å². The van der Waals surface area contributed by atoms with E-state index >= 15 is 0 Å². The third-order valence-electron chi connectivity index (χ3n) is 11.3. The molecule has 0 N–H and O–H groups in total. The Labute approximate surface area is 330 Å². The van der Waals surface area contributed by atoms with Crippen LogP contribution >= 0.6 is 22.7 Å². The molecule has 56 heavy (non-hydrogen) atoms. The standard InChI is InChI=1S/C52H31NOS2/c1-2-10-39-33(9-1)23-29-42-50-38(13-7-15-45(50)54-52(39)42)34-21-27-37(28-22-34)53(44-14-8-18-49-51(44)41-12-4-6-17-47(41)56-49)36-25-19-32(20-26-36)35-24-30-48-43(31-35)40-11-3-5-16-46(40)55-48/h1-31H. The number of hydrogen-bond acceptors (Lipinski definition) is 4. The van der Waals surface area contributed by atoms with E-state index in [1.807, 2.05) is 22.7 Å². The number of thiophene rings is 2. The minimum absolute atomic E-state index is 0.905. The van der Waals surface area contributed by atoms with E-state index in [9.17, 15) is 0 Å². The van der Waals surface area contributed by atoms with Crippen molar-refractivity contribution in [3.63, 3.8) is 0 Å². The van der Waals surface area contributed by atoms with E-state index < -0.39 is 0 Å². The number of furan rings is 1. The summed E-state index contributed by atoms with van der Waals surface area (Å²) in [4.78, 5) is 2.42. The highest BCUT2D eigenvalue weighted by molar-refractivity contribution is 7.26. The van der Waals surface area contributed by atoms with E-state index in [0.29, 0.717) is 0 Å². The van der Waals surface area contributed by atoms with Gasteiger partial charge < -0.3 is 9.32 Å². The van der Waals surface area contributed by atoms with E-state index in [-0.39, 0.29) is 0 Å². The molecule has 0 unspecified atom stereocenters. The highest BCUT2D eigenvalue weighted by Crippen LogP contribution is 2.46. The van der Waals surface area contributed by atoms with Gasteiger partial charge in [0.2, 0.25) is 0 Å². The predicted octanol–water partition coefficient (Wildman–Crippen LogP) is 16.3. The summed E-state index contributed by atoms with van der Waals surface area (Å²) in [5.74, 6) is 0. The summed E-state index contributed by atoms with van der Waals surface area (Å²) in [5, 5.41) is 9.81. The molecule has 0 saturated carbocycles. The molecule has 0 aliphatic heterocycles. The topological polar surface area (TPSA) is 16.4 Å². The van der Waals surface area contributed by atoms with Crippen LogP contribution in [0.5, 0.6) is 0 Å². The second-order valence-corrected chi connectivity index (χ2v) is 16.6. The van der Waals surface area contributed by atoms with Crippen molar-refractivity contribution in [1.82, 2.24) is 0 Å². The van der Waals surface area contributed by atoms with Gasteiger partial charge in [0, 0.05) is 67.9 Å². The van der Waals surface area contributed by atoms with Gasteiger partial charge in [0.05, 0.1) is 5.69 Å². The van der Waals surface area contributed by atoms with E-state index in [0.717, 1.165) is 44.3 Å². The van der Waals surface area contributed by atoms with Crippen molar-refractivity contribution >= 4 is 113 Å². The summed E-state index contributed by atoms with van der Waals surface area (Å²) in [6.45, 7) is 0. The Bertz CT molecular complexity index is 3480. The van der Waals surface area contributed by atoms with E-state index in [2.05, 4.69) is 193 Å². The first kappa shape index (κ1) is 31.6. The molecule has 0 saturated heterocycles. The number of fused-ring (bicyclic) bond motifs is 11. The first-order chi connectivity index (χ1) is 27.7. The molecule has 0 atom stereocenters. The molecule has 0 aliphatic carbocycles. The zero-order valence-electron chi connectivity index (χ0n) is 30.1. The lowest BCUT2D eigenvalue weighted by Crippen LogP contribution is -2.10. The molecule has 0 amide bonds. The molecule has 9 aromatic carbocycles. The van der Waals surface area contributed by atoms with Crippen LogP contribution in [0.2, 0.25) is 0 Å². The first-order valence-electron chi connectivity index (χ1n) is 18.9. The summed E-state index contributed by atoms with van der Waals surface area (Å²) < 4.78 is 11.8. The van der Waals surface area contributed by atoms with Crippen molar-refractivity contribution in [2.45, 2.75) is 0 Å². The average Bonchev–Trinajstić information content (AvgIpc) is 3.96. The fraction of sp³-hybridized carbons (Fsp3) is 0. The van der Waals surface area contributed by atoms with Crippen molar-refractivity contribution < 1.29 is 4.42 Å². The fourth-order valence-corrected chi connectivity index (χ4v) is 10.9. The van der Waals surface area contributed by atoms with Gasteiger partial charge in [0.1, 0.15) is 11.2 Å². The van der Waals surface area contributed by atoms with E-state index in [1.54, 1.807) is 0 Å². The van der Waals surface area contributed by atoms with Crippen LogP contribution in [0.25, 0.3) is 95.3 Å². The molecule has 0 bridgehead atoms. The van der Waals surface area contributed by atoms with Crippen molar-refractivity contribution in [1.29, 1.82) is 0 Å². The van der Waals surface area contributed by atoms with E-state index in [1.165, 1.54) is 68.1 Å². The highest BCUT2D eigenvalue weighted by Gasteiger charge is 2.20. The second kappa shape index (κ2) is 12.4. The van der Waals surface area contributed by atoms with Crippen LogP contribution < -0.4 is 4.90 Å². The molecule has 0 aliphatic rings. The molecule has 3 heterocycles. The molecule has 262 valence electrons. The van der Waals surface area contributed by atoms with Gasteiger partial charge in [-0.1, -0.05) is 115 Å². The molecular weight excluding hydrogens is 719 g/mol. The van der Waals surface area contributed by atoms with Gasteiger partial charge in [-0.3, -0.25) is 0 Å². The second-order valence-electron chi connectivity index (χ2n) is 14.4. The predicted molar refractivity (Wildman–Crippen MR) is 243 cm³/mol. The van der Waals surface area contributed by atoms with Gasteiger partial charge in [-0.15, -0.1) is 22.7 Å². The lowest BCUT2D eigenvalue weighted by atomic mass is 9.97. The number of hydrogen-bond donors (Lipinski definition) is 0. The molecule has 12 aromatic rings. The molecule has 0 radical (unpaired) electrons. The zero-order valence-corrected chi connectivity index (χ0v) is 31.7. The molecular formula is C52H31NOS2. The van der Waals surface area contributed by atoms with Crippen LogP contribution in [0.15, 0.2) is 192 Å². The zero-order chi connectivity index (χ0) is 36.7. The van der Waals surface area contributed by atoms with Crippen LogP contribution in [-0.2, 0) is 0 Å². The largest absolute Gasteiger partial charge is 0.455 e. The lowest BCUT2D eigenvalue weighted by Gasteiger charge is -2.27. The SMILES string of the molecule is c1ccc2c(c1)ccc1c2oc2cccc(-c3ccc(N(c4ccc(-c5ccc6sc7ccccc7c6c5)cc4)c4cccc5sc6ccccc6c45)cc3)c21. The normalized spacial score (nSPS) is 11.9.